The average molecular weight is 296 g/mol. The van der Waals surface area contributed by atoms with E-state index in [1.807, 2.05) is 0 Å². The molecule has 2 saturated heterocycles. The molecule has 0 aromatic heterocycles. The zero-order valence-electron chi connectivity index (χ0n) is 13.2. The second-order valence-electron chi connectivity index (χ2n) is 7.60. The van der Waals surface area contributed by atoms with Crippen molar-refractivity contribution in [2.24, 2.45) is 29.6 Å². The molecule has 4 rings (SSSR count). The fourth-order valence-electron chi connectivity index (χ4n) is 4.60. The summed E-state index contributed by atoms with van der Waals surface area (Å²) in [6, 6.07) is 0. The predicted octanol–water partition coefficient (Wildman–Crippen LogP) is 2.11. The highest BCUT2D eigenvalue weighted by molar-refractivity contribution is 5.00. The van der Waals surface area contributed by atoms with Crippen molar-refractivity contribution in [3.8, 4) is 0 Å². The van der Waals surface area contributed by atoms with Gasteiger partial charge < -0.3 is 18.9 Å². The number of rotatable bonds is 8. The zero-order chi connectivity index (χ0) is 14.4. The first kappa shape index (κ1) is 14.4. The Morgan fingerprint density at radius 3 is 2.33 bits per heavy atom. The second kappa shape index (κ2) is 5.80. The molecular formula is C17H28O4. The minimum atomic E-state index is 0.248. The maximum absolute atomic E-state index is 6.20. The van der Waals surface area contributed by atoms with Crippen LogP contribution in [0.15, 0.2) is 0 Å². The van der Waals surface area contributed by atoms with Gasteiger partial charge in [0.2, 0.25) is 0 Å². The summed E-state index contributed by atoms with van der Waals surface area (Å²) in [4.78, 5) is 0. The summed E-state index contributed by atoms with van der Waals surface area (Å²) in [6.45, 7) is 8.79. The first-order valence-corrected chi connectivity index (χ1v) is 8.65. The quantitative estimate of drug-likeness (QED) is 0.644. The van der Waals surface area contributed by atoms with Crippen LogP contribution < -0.4 is 0 Å². The molecule has 4 aliphatic rings. The van der Waals surface area contributed by atoms with Crippen molar-refractivity contribution in [1.82, 2.24) is 0 Å². The van der Waals surface area contributed by atoms with Crippen LogP contribution in [0.4, 0.5) is 0 Å². The van der Waals surface area contributed by atoms with Gasteiger partial charge in [0.05, 0.1) is 39.1 Å². The molecule has 0 amide bonds. The van der Waals surface area contributed by atoms with Crippen LogP contribution in [0.5, 0.6) is 0 Å². The molecule has 4 fully saturated rings. The lowest BCUT2D eigenvalue weighted by molar-refractivity contribution is -0.0721. The van der Waals surface area contributed by atoms with Crippen LogP contribution in [0.1, 0.15) is 26.7 Å². The number of epoxide rings is 2. The number of fused-ring (bicyclic) bond motifs is 2. The Labute approximate surface area is 127 Å². The molecule has 0 radical (unpaired) electrons. The topological polar surface area (TPSA) is 43.5 Å². The fourth-order valence-corrected chi connectivity index (χ4v) is 4.60. The first-order chi connectivity index (χ1) is 10.2. The van der Waals surface area contributed by atoms with Crippen molar-refractivity contribution in [1.29, 1.82) is 0 Å². The predicted molar refractivity (Wildman–Crippen MR) is 78.1 cm³/mol. The van der Waals surface area contributed by atoms with E-state index in [2.05, 4.69) is 13.8 Å². The van der Waals surface area contributed by atoms with E-state index in [0.717, 1.165) is 56.7 Å². The summed E-state index contributed by atoms with van der Waals surface area (Å²) < 4.78 is 22.6. The maximum Gasteiger partial charge on any atom is 0.104 e. The van der Waals surface area contributed by atoms with Crippen molar-refractivity contribution in [3.05, 3.63) is 0 Å². The minimum absolute atomic E-state index is 0.248. The van der Waals surface area contributed by atoms with E-state index in [0.29, 0.717) is 18.1 Å². The Morgan fingerprint density at radius 1 is 1.00 bits per heavy atom. The van der Waals surface area contributed by atoms with E-state index in [4.69, 9.17) is 18.9 Å². The summed E-state index contributed by atoms with van der Waals surface area (Å²) in [5.41, 5.74) is 0. The average Bonchev–Trinajstić information content (AvgIpc) is 3.39. The SMILES string of the molecule is CC1C2CC(C(COCC3CO3)OCC3CO3)C(C2)C1C. The highest BCUT2D eigenvalue weighted by Gasteiger charge is 2.51. The summed E-state index contributed by atoms with van der Waals surface area (Å²) >= 11 is 0. The molecule has 4 heteroatoms. The van der Waals surface area contributed by atoms with Gasteiger partial charge in [0.25, 0.3) is 0 Å². The zero-order valence-corrected chi connectivity index (χ0v) is 13.2. The van der Waals surface area contributed by atoms with Gasteiger partial charge in [-0.15, -0.1) is 0 Å². The van der Waals surface area contributed by atoms with Gasteiger partial charge in [-0.1, -0.05) is 13.8 Å². The van der Waals surface area contributed by atoms with Gasteiger partial charge in [-0.3, -0.25) is 0 Å². The first-order valence-electron chi connectivity index (χ1n) is 8.65. The highest BCUT2D eigenvalue weighted by atomic mass is 16.6. The van der Waals surface area contributed by atoms with Crippen LogP contribution in [-0.2, 0) is 18.9 Å². The lowest BCUT2D eigenvalue weighted by Gasteiger charge is -2.36. The number of hydrogen-bond acceptors (Lipinski definition) is 4. The molecule has 2 aliphatic carbocycles. The lowest BCUT2D eigenvalue weighted by atomic mass is 9.74. The third-order valence-electron chi connectivity index (χ3n) is 6.31. The second-order valence-corrected chi connectivity index (χ2v) is 7.60. The molecule has 0 aromatic carbocycles. The van der Waals surface area contributed by atoms with E-state index < -0.39 is 0 Å². The summed E-state index contributed by atoms with van der Waals surface area (Å²) in [6.07, 6.45) is 3.66. The van der Waals surface area contributed by atoms with Crippen molar-refractivity contribution >= 4 is 0 Å². The van der Waals surface area contributed by atoms with Gasteiger partial charge in [0, 0.05) is 0 Å². The Morgan fingerprint density at radius 2 is 1.71 bits per heavy atom. The highest BCUT2D eigenvalue weighted by Crippen LogP contribution is 2.56. The Balaban J connectivity index is 1.33. The van der Waals surface area contributed by atoms with Gasteiger partial charge in [0.1, 0.15) is 12.2 Å². The molecule has 0 aromatic rings. The monoisotopic (exact) mass is 296 g/mol. The van der Waals surface area contributed by atoms with Crippen LogP contribution in [0.2, 0.25) is 0 Å². The maximum atomic E-state index is 6.20. The van der Waals surface area contributed by atoms with E-state index in [1.54, 1.807) is 0 Å². The van der Waals surface area contributed by atoms with Gasteiger partial charge in [-0.05, 0) is 42.4 Å². The molecule has 8 atom stereocenters. The molecule has 2 bridgehead atoms. The Hall–Kier alpha value is -0.160. The number of hydrogen-bond donors (Lipinski definition) is 0. The van der Waals surface area contributed by atoms with E-state index in [1.165, 1.54) is 12.8 Å². The molecule has 2 heterocycles. The Bertz CT molecular complexity index is 364. The summed E-state index contributed by atoms with van der Waals surface area (Å²) in [5, 5.41) is 0. The van der Waals surface area contributed by atoms with Crippen molar-refractivity contribution < 1.29 is 18.9 Å². The Kier molecular flexibility index (Phi) is 3.99. The smallest absolute Gasteiger partial charge is 0.104 e. The van der Waals surface area contributed by atoms with E-state index in [-0.39, 0.29) is 6.10 Å². The van der Waals surface area contributed by atoms with Gasteiger partial charge in [0.15, 0.2) is 0 Å². The third kappa shape index (κ3) is 3.14. The van der Waals surface area contributed by atoms with Gasteiger partial charge in [-0.25, -0.2) is 0 Å². The molecule has 2 saturated carbocycles. The molecule has 8 unspecified atom stereocenters. The molecule has 21 heavy (non-hydrogen) atoms. The normalized spacial score (nSPS) is 48.6. The third-order valence-corrected chi connectivity index (χ3v) is 6.31. The van der Waals surface area contributed by atoms with Gasteiger partial charge >= 0.3 is 0 Å². The van der Waals surface area contributed by atoms with Crippen molar-refractivity contribution in [2.75, 3.05) is 33.0 Å². The standard InChI is InChI=1S/C17H28O4/c1-10-11(2)15-3-12(10)4-16(15)17(21-8-14-7-20-14)9-18-5-13-6-19-13/h10-17H,3-9H2,1-2H3. The van der Waals surface area contributed by atoms with Crippen molar-refractivity contribution in [2.45, 2.75) is 45.0 Å². The lowest BCUT2D eigenvalue weighted by Crippen LogP contribution is -2.38. The summed E-state index contributed by atoms with van der Waals surface area (Å²) in [7, 11) is 0. The van der Waals surface area contributed by atoms with Crippen LogP contribution in [0.25, 0.3) is 0 Å². The number of ether oxygens (including phenoxy) is 4. The summed E-state index contributed by atoms with van der Waals surface area (Å²) in [5.74, 6) is 4.14. The van der Waals surface area contributed by atoms with Crippen LogP contribution in [-0.4, -0.2) is 51.3 Å². The van der Waals surface area contributed by atoms with Crippen LogP contribution >= 0.6 is 0 Å². The molecule has 0 N–H and O–H groups in total. The van der Waals surface area contributed by atoms with Gasteiger partial charge in [-0.2, -0.15) is 0 Å². The largest absolute Gasteiger partial charge is 0.376 e. The molecule has 2 aliphatic heterocycles. The van der Waals surface area contributed by atoms with Crippen LogP contribution in [0.3, 0.4) is 0 Å². The van der Waals surface area contributed by atoms with E-state index >= 15 is 0 Å². The minimum Gasteiger partial charge on any atom is -0.376 e. The molecule has 4 nitrogen and oxygen atoms in total. The van der Waals surface area contributed by atoms with Crippen molar-refractivity contribution in [3.63, 3.8) is 0 Å². The van der Waals surface area contributed by atoms with Crippen LogP contribution in [0, 0.1) is 29.6 Å². The molecular weight excluding hydrogens is 268 g/mol. The molecule has 0 spiro atoms. The van der Waals surface area contributed by atoms with E-state index in [9.17, 15) is 0 Å². The molecule has 120 valence electrons. The fraction of sp³-hybridized carbons (Fsp3) is 1.00.